The molecule has 0 unspecified atom stereocenters. The number of hydrogen-bond acceptors (Lipinski definition) is 9. The Labute approximate surface area is 216 Å². The molecule has 11 heteroatoms. The average Bonchev–Trinajstić information content (AvgIpc) is 3.42. The second-order valence-corrected chi connectivity index (χ2v) is 8.29. The normalized spacial score (nSPS) is 14.5. The van der Waals surface area contributed by atoms with E-state index in [1.165, 1.54) is 7.11 Å². The zero-order valence-corrected chi connectivity index (χ0v) is 20.2. The lowest BCUT2D eigenvalue weighted by atomic mass is 9.95. The van der Waals surface area contributed by atoms with Crippen molar-refractivity contribution in [1.29, 1.82) is 0 Å². The van der Waals surface area contributed by atoms with Crippen LogP contribution in [-0.2, 0) is 14.3 Å². The summed E-state index contributed by atoms with van der Waals surface area (Å²) in [4.78, 5) is 45.2. The van der Waals surface area contributed by atoms with Gasteiger partial charge in [-0.1, -0.05) is 0 Å². The van der Waals surface area contributed by atoms with Crippen LogP contribution in [0.5, 0.6) is 17.2 Å². The highest BCUT2D eigenvalue weighted by Crippen LogP contribution is 2.30. The Balaban J connectivity index is 1.26. The Morgan fingerprint density at radius 2 is 1.53 bits per heavy atom. The van der Waals surface area contributed by atoms with Crippen LogP contribution in [0.4, 0.5) is 4.79 Å². The number of barbiturate groups is 1. The summed E-state index contributed by atoms with van der Waals surface area (Å²) >= 11 is 0. The SMILES string of the molecule is COCCC1(Oc2ccc(Oc3ccc(-c4nc(-c5cccnc5)co4)cc3)cc2)C(=O)NC(=O)NC1=O. The number of oxazole rings is 1. The van der Waals surface area contributed by atoms with Gasteiger partial charge in [-0.15, -0.1) is 0 Å². The first-order valence-electron chi connectivity index (χ1n) is 11.6. The predicted molar refractivity (Wildman–Crippen MR) is 133 cm³/mol. The van der Waals surface area contributed by atoms with Gasteiger partial charge in [0.15, 0.2) is 0 Å². The van der Waals surface area contributed by atoms with E-state index in [1.54, 1.807) is 55.1 Å². The molecule has 0 atom stereocenters. The van der Waals surface area contributed by atoms with E-state index in [4.69, 9.17) is 18.6 Å². The van der Waals surface area contributed by atoms with Crippen LogP contribution in [0, 0.1) is 0 Å². The molecule has 0 spiro atoms. The molecule has 1 aliphatic heterocycles. The summed E-state index contributed by atoms with van der Waals surface area (Å²) < 4.78 is 22.3. The first kappa shape index (κ1) is 24.7. The number of imide groups is 2. The molecule has 38 heavy (non-hydrogen) atoms. The minimum atomic E-state index is -1.95. The summed E-state index contributed by atoms with van der Waals surface area (Å²) in [7, 11) is 1.43. The number of hydrogen-bond donors (Lipinski definition) is 2. The van der Waals surface area contributed by atoms with Gasteiger partial charge in [0.1, 0.15) is 29.2 Å². The third-order valence-electron chi connectivity index (χ3n) is 5.76. The van der Waals surface area contributed by atoms with E-state index >= 15 is 0 Å². The molecule has 0 aliphatic carbocycles. The molecule has 0 saturated carbocycles. The number of pyridine rings is 1. The van der Waals surface area contributed by atoms with Gasteiger partial charge in [0.05, 0.1) is 6.61 Å². The lowest BCUT2D eigenvalue weighted by Gasteiger charge is -2.34. The molecule has 0 bridgehead atoms. The summed E-state index contributed by atoms with van der Waals surface area (Å²) in [5.74, 6) is 0.0551. The number of carbonyl (C=O) groups excluding carboxylic acids is 3. The summed E-state index contributed by atoms with van der Waals surface area (Å²) in [5, 5.41) is 4.14. The van der Waals surface area contributed by atoms with Gasteiger partial charge in [0.2, 0.25) is 5.89 Å². The lowest BCUT2D eigenvalue weighted by Crippen LogP contribution is -2.69. The van der Waals surface area contributed by atoms with Crippen LogP contribution in [0.2, 0.25) is 0 Å². The van der Waals surface area contributed by atoms with Gasteiger partial charge in [0.25, 0.3) is 17.4 Å². The van der Waals surface area contributed by atoms with Gasteiger partial charge in [-0.05, 0) is 60.7 Å². The van der Waals surface area contributed by atoms with Crippen molar-refractivity contribution >= 4 is 17.8 Å². The topological polar surface area (TPSA) is 142 Å². The number of methoxy groups -OCH3 is 1. The average molecular weight is 514 g/mol. The maximum absolute atomic E-state index is 12.5. The van der Waals surface area contributed by atoms with E-state index in [-0.39, 0.29) is 18.8 Å². The molecule has 1 fully saturated rings. The Kier molecular flexibility index (Phi) is 6.83. The third-order valence-corrected chi connectivity index (χ3v) is 5.76. The highest BCUT2D eigenvalue weighted by Gasteiger charge is 2.52. The van der Waals surface area contributed by atoms with E-state index in [0.29, 0.717) is 23.1 Å². The summed E-state index contributed by atoms with van der Waals surface area (Å²) in [6.07, 6.45) is 4.90. The number of nitrogens with one attached hydrogen (secondary N) is 2. The number of ether oxygens (including phenoxy) is 3. The van der Waals surface area contributed by atoms with Gasteiger partial charge in [-0.25, -0.2) is 9.78 Å². The molecule has 2 aromatic heterocycles. The maximum atomic E-state index is 12.5. The molecule has 2 N–H and O–H groups in total. The Morgan fingerprint density at radius 1 is 0.868 bits per heavy atom. The summed E-state index contributed by atoms with van der Waals surface area (Å²) in [5.41, 5.74) is 0.381. The van der Waals surface area contributed by atoms with Gasteiger partial charge in [-0.2, -0.15) is 0 Å². The number of rotatable bonds is 9. The first-order valence-corrected chi connectivity index (χ1v) is 11.6. The second kappa shape index (κ2) is 10.5. The fourth-order valence-corrected chi connectivity index (χ4v) is 3.79. The van der Waals surface area contributed by atoms with Gasteiger partial charge < -0.3 is 18.6 Å². The molecule has 192 valence electrons. The van der Waals surface area contributed by atoms with E-state index in [9.17, 15) is 14.4 Å². The van der Waals surface area contributed by atoms with Crippen LogP contribution >= 0.6 is 0 Å². The Morgan fingerprint density at radius 3 is 2.16 bits per heavy atom. The fourth-order valence-electron chi connectivity index (χ4n) is 3.79. The number of benzene rings is 2. The Bertz CT molecular complexity index is 1430. The number of carbonyl (C=O) groups is 3. The number of aromatic nitrogens is 2. The van der Waals surface area contributed by atoms with Crippen LogP contribution in [0.3, 0.4) is 0 Å². The van der Waals surface area contributed by atoms with Crippen LogP contribution < -0.4 is 20.1 Å². The van der Waals surface area contributed by atoms with Gasteiger partial charge >= 0.3 is 6.03 Å². The van der Waals surface area contributed by atoms with E-state index in [0.717, 1.165) is 11.1 Å². The molecular weight excluding hydrogens is 492 g/mol. The number of nitrogens with zero attached hydrogens (tertiary/aromatic N) is 2. The largest absolute Gasteiger partial charge is 0.467 e. The fraction of sp³-hybridized carbons (Fsp3) is 0.148. The van der Waals surface area contributed by atoms with Gasteiger partial charge in [-0.3, -0.25) is 25.2 Å². The van der Waals surface area contributed by atoms with Crippen LogP contribution in [-0.4, -0.2) is 47.1 Å². The molecule has 11 nitrogen and oxygen atoms in total. The standard InChI is InChI=1S/C27H22N4O7/c1-35-14-12-27(24(32)30-26(34)31-25(27)33)38-21-10-8-20(9-11-21)37-19-6-4-17(5-7-19)23-29-22(16-36-23)18-3-2-13-28-15-18/h2-11,13,15-16H,12,14H2,1H3,(H2,30,31,32,33,34). The van der Waals surface area contributed by atoms with Crippen LogP contribution in [0.15, 0.2) is 83.7 Å². The minimum absolute atomic E-state index is 0.0600. The van der Waals surface area contributed by atoms with Crippen molar-refractivity contribution in [3.8, 4) is 40.0 Å². The maximum Gasteiger partial charge on any atom is 0.328 e. The summed E-state index contributed by atoms with van der Waals surface area (Å²) in [6.45, 7) is 0.0600. The molecular formula is C27H22N4O7. The molecule has 2 aromatic carbocycles. The zero-order chi connectivity index (χ0) is 26.5. The van der Waals surface area contributed by atoms with Gasteiger partial charge in [0, 0.05) is 37.1 Å². The molecule has 1 saturated heterocycles. The molecule has 4 aromatic rings. The highest BCUT2D eigenvalue weighted by molar-refractivity contribution is 6.21. The van der Waals surface area contributed by atoms with Crippen LogP contribution in [0.25, 0.3) is 22.7 Å². The summed E-state index contributed by atoms with van der Waals surface area (Å²) in [6, 6.07) is 16.4. The minimum Gasteiger partial charge on any atom is -0.467 e. The van der Waals surface area contributed by atoms with Crippen molar-refractivity contribution in [3.05, 3.63) is 79.3 Å². The van der Waals surface area contributed by atoms with E-state index < -0.39 is 23.4 Å². The molecule has 5 rings (SSSR count). The van der Waals surface area contributed by atoms with Crippen LogP contribution in [0.1, 0.15) is 6.42 Å². The first-order chi connectivity index (χ1) is 18.5. The van der Waals surface area contributed by atoms with Crippen molar-refractivity contribution in [2.45, 2.75) is 12.0 Å². The van der Waals surface area contributed by atoms with E-state index in [2.05, 4.69) is 20.6 Å². The van der Waals surface area contributed by atoms with Crippen molar-refractivity contribution in [2.24, 2.45) is 0 Å². The zero-order valence-electron chi connectivity index (χ0n) is 20.2. The van der Waals surface area contributed by atoms with Crippen molar-refractivity contribution < 1.29 is 33.0 Å². The van der Waals surface area contributed by atoms with E-state index in [1.807, 2.05) is 24.3 Å². The molecule has 0 radical (unpaired) electrons. The monoisotopic (exact) mass is 514 g/mol. The molecule has 1 aliphatic rings. The highest BCUT2D eigenvalue weighted by atomic mass is 16.5. The number of urea groups is 1. The third kappa shape index (κ3) is 5.08. The number of amides is 4. The second-order valence-electron chi connectivity index (χ2n) is 8.29. The molecule has 3 heterocycles. The quantitative estimate of drug-likeness (QED) is 0.320. The van der Waals surface area contributed by atoms with Crippen molar-refractivity contribution in [2.75, 3.05) is 13.7 Å². The molecule has 4 amide bonds. The lowest BCUT2D eigenvalue weighted by molar-refractivity contribution is -0.153. The van der Waals surface area contributed by atoms with Crippen molar-refractivity contribution in [3.63, 3.8) is 0 Å². The predicted octanol–water partition coefficient (Wildman–Crippen LogP) is 3.72. The smallest absolute Gasteiger partial charge is 0.328 e. The Hall–Kier alpha value is -5.03. The van der Waals surface area contributed by atoms with Crippen molar-refractivity contribution in [1.82, 2.24) is 20.6 Å².